The molecule has 0 spiro atoms. The fourth-order valence-corrected chi connectivity index (χ4v) is 4.50. The zero-order chi connectivity index (χ0) is 21.5. The minimum atomic E-state index is -0.311. The minimum absolute atomic E-state index is 0.311. The van der Waals surface area contributed by atoms with Crippen LogP contribution in [0.1, 0.15) is 25.0 Å². The lowest BCUT2D eigenvalue weighted by molar-refractivity contribution is -0.131. The topological polar surface area (TPSA) is 26.3 Å². The Balaban J connectivity index is 2.03. The van der Waals surface area contributed by atoms with Gasteiger partial charge in [0.1, 0.15) is 5.75 Å². The van der Waals surface area contributed by atoms with Crippen LogP contribution >= 0.6 is 0 Å². The molecular weight excluding hydrogens is 380 g/mol. The van der Waals surface area contributed by atoms with E-state index in [1.54, 1.807) is 0 Å². The maximum Gasteiger partial charge on any atom is 0.308 e. The summed E-state index contributed by atoms with van der Waals surface area (Å²) in [4.78, 5) is 12.2. The second-order valence-electron chi connectivity index (χ2n) is 8.15. The summed E-state index contributed by atoms with van der Waals surface area (Å²) < 4.78 is 5.94. The van der Waals surface area contributed by atoms with Crippen molar-refractivity contribution in [2.75, 3.05) is 0 Å². The van der Waals surface area contributed by atoms with Crippen molar-refractivity contribution in [2.45, 2.75) is 27.2 Å². The molecule has 2 heteroatoms. The summed E-state index contributed by atoms with van der Waals surface area (Å²) in [5, 5.41) is 6.65. The van der Waals surface area contributed by atoms with Gasteiger partial charge in [-0.2, -0.15) is 0 Å². The van der Waals surface area contributed by atoms with E-state index in [-0.39, 0.29) is 5.97 Å². The zero-order valence-corrected chi connectivity index (χ0v) is 18.0. The summed E-state index contributed by atoms with van der Waals surface area (Å²) in [6.07, 6.45) is 0.946. The second kappa shape index (κ2) is 7.55. The van der Waals surface area contributed by atoms with Crippen LogP contribution in [0.2, 0.25) is 0 Å². The Morgan fingerprint density at radius 3 is 2.19 bits per heavy atom. The van der Waals surface area contributed by atoms with Gasteiger partial charge >= 0.3 is 5.97 Å². The highest BCUT2D eigenvalue weighted by molar-refractivity contribution is 6.20. The molecule has 0 saturated heterocycles. The van der Waals surface area contributed by atoms with Crippen molar-refractivity contribution in [1.82, 2.24) is 0 Å². The van der Waals surface area contributed by atoms with Gasteiger partial charge in [0.15, 0.2) is 0 Å². The van der Waals surface area contributed by atoms with Gasteiger partial charge in [0.2, 0.25) is 0 Å². The number of aryl methyl sites for hydroxylation is 2. The number of carbonyl (C=O) groups is 1. The van der Waals surface area contributed by atoms with Crippen LogP contribution in [0.3, 0.4) is 0 Å². The van der Waals surface area contributed by atoms with Gasteiger partial charge in [-0.1, -0.05) is 79.2 Å². The Bertz CT molecular complexity index is 1480. The fraction of sp³-hybridized carbons (Fsp3) is 0.138. The van der Waals surface area contributed by atoms with Gasteiger partial charge in [-0.05, 0) is 63.5 Å². The molecule has 0 unspecified atom stereocenters. The minimum Gasteiger partial charge on any atom is -0.425 e. The maximum absolute atomic E-state index is 12.2. The van der Waals surface area contributed by atoms with Crippen molar-refractivity contribution in [3.63, 3.8) is 0 Å². The molecule has 0 bridgehead atoms. The predicted molar refractivity (Wildman–Crippen MR) is 130 cm³/mol. The third-order valence-electron chi connectivity index (χ3n) is 5.96. The van der Waals surface area contributed by atoms with E-state index in [9.17, 15) is 4.79 Å². The highest BCUT2D eigenvalue weighted by Gasteiger charge is 2.20. The quantitative estimate of drug-likeness (QED) is 0.134. The van der Waals surface area contributed by atoms with Crippen LogP contribution in [0.4, 0.5) is 0 Å². The number of fused-ring (bicyclic) bond motifs is 4. The first-order chi connectivity index (χ1) is 15.0. The Labute approximate surface area is 182 Å². The van der Waals surface area contributed by atoms with E-state index < -0.39 is 0 Å². The lowest BCUT2D eigenvalue weighted by atomic mass is 9.89. The van der Waals surface area contributed by atoms with Gasteiger partial charge in [0.25, 0.3) is 0 Å². The van der Waals surface area contributed by atoms with Crippen LogP contribution in [0.15, 0.2) is 78.9 Å². The molecule has 31 heavy (non-hydrogen) atoms. The monoisotopic (exact) mass is 404 g/mol. The molecule has 5 aromatic carbocycles. The smallest absolute Gasteiger partial charge is 0.308 e. The Morgan fingerprint density at radius 1 is 0.774 bits per heavy atom. The van der Waals surface area contributed by atoms with E-state index in [4.69, 9.17) is 4.74 Å². The molecule has 0 aliphatic heterocycles. The number of hydrogen-bond acceptors (Lipinski definition) is 2. The summed E-state index contributed by atoms with van der Waals surface area (Å²) in [5.74, 6) is 0.328. The first kappa shape index (κ1) is 19.3. The molecule has 0 aromatic heterocycles. The van der Waals surface area contributed by atoms with Crippen molar-refractivity contribution >= 4 is 38.3 Å². The molecule has 0 radical (unpaired) electrons. The van der Waals surface area contributed by atoms with Crippen molar-refractivity contribution in [2.24, 2.45) is 0 Å². The second-order valence-corrected chi connectivity index (χ2v) is 8.15. The van der Waals surface area contributed by atoms with E-state index in [0.29, 0.717) is 5.75 Å². The zero-order valence-electron chi connectivity index (χ0n) is 18.0. The van der Waals surface area contributed by atoms with Gasteiger partial charge in [0.05, 0.1) is 0 Å². The van der Waals surface area contributed by atoms with E-state index in [1.807, 2.05) is 6.07 Å². The number of benzene rings is 5. The van der Waals surface area contributed by atoms with Crippen molar-refractivity contribution in [1.29, 1.82) is 0 Å². The summed E-state index contributed by atoms with van der Waals surface area (Å²) >= 11 is 0. The van der Waals surface area contributed by atoms with Crippen LogP contribution < -0.4 is 4.74 Å². The van der Waals surface area contributed by atoms with E-state index in [0.717, 1.165) is 39.1 Å². The molecule has 0 fully saturated rings. The molecule has 0 amide bonds. The Kier molecular flexibility index (Phi) is 4.71. The lowest BCUT2D eigenvalue weighted by Gasteiger charge is -2.19. The number of carbonyl (C=O) groups excluding carboxylic acids is 1. The van der Waals surface area contributed by atoms with Crippen LogP contribution in [-0.2, 0) is 11.2 Å². The van der Waals surface area contributed by atoms with Crippen molar-refractivity contribution in [3.8, 4) is 16.9 Å². The van der Waals surface area contributed by atoms with Crippen LogP contribution in [-0.4, -0.2) is 5.97 Å². The van der Waals surface area contributed by atoms with Crippen molar-refractivity contribution in [3.05, 3.63) is 90.0 Å². The van der Waals surface area contributed by atoms with Crippen LogP contribution in [0.5, 0.6) is 5.75 Å². The maximum atomic E-state index is 12.2. The number of hydrogen-bond donors (Lipinski definition) is 0. The average molecular weight is 405 g/mol. The fourth-order valence-electron chi connectivity index (χ4n) is 4.50. The average Bonchev–Trinajstić information content (AvgIpc) is 2.77. The molecule has 2 nitrogen and oxygen atoms in total. The predicted octanol–water partition coefficient (Wildman–Crippen LogP) is 7.61. The van der Waals surface area contributed by atoms with E-state index in [2.05, 4.69) is 86.6 Å². The Morgan fingerprint density at radius 2 is 1.52 bits per heavy atom. The Hall–Kier alpha value is -3.65. The molecule has 0 N–H and O–H groups in total. The van der Waals surface area contributed by atoms with E-state index >= 15 is 0 Å². The molecule has 0 aliphatic rings. The first-order valence-corrected chi connectivity index (χ1v) is 10.7. The largest absolute Gasteiger partial charge is 0.425 e. The third kappa shape index (κ3) is 3.34. The first-order valence-electron chi connectivity index (χ1n) is 10.7. The highest BCUT2D eigenvalue weighted by atomic mass is 16.5. The molecule has 5 rings (SSSR count). The SMILES string of the molecule is CCc1ccc2c(c1)c(-c1cccc(C)c1)c(OC(C)=O)c1cc3ccccc3cc12. The normalized spacial score (nSPS) is 11.3. The summed E-state index contributed by atoms with van der Waals surface area (Å²) in [6, 6.07) is 27.7. The van der Waals surface area contributed by atoms with E-state index in [1.165, 1.54) is 28.8 Å². The van der Waals surface area contributed by atoms with Crippen LogP contribution in [0.25, 0.3) is 43.4 Å². The van der Waals surface area contributed by atoms with Gasteiger partial charge in [-0.15, -0.1) is 0 Å². The summed E-state index contributed by atoms with van der Waals surface area (Å²) in [5.41, 5.74) is 4.47. The lowest BCUT2D eigenvalue weighted by Crippen LogP contribution is -2.04. The molecule has 0 saturated carbocycles. The third-order valence-corrected chi connectivity index (χ3v) is 5.96. The highest BCUT2D eigenvalue weighted by Crippen LogP contribution is 2.45. The van der Waals surface area contributed by atoms with Gasteiger partial charge in [-0.3, -0.25) is 4.79 Å². The van der Waals surface area contributed by atoms with Crippen LogP contribution in [0, 0.1) is 6.92 Å². The van der Waals surface area contributed by atoms with Crippen molar-refractivity contribution < 1.29 is 9.53 Å². The molecule has 0 aliphatic carbocycles. The summed E-state index contributed by atoms with van der Waals surface area (Å²) in [7, 11) is 0. The van der Waals surface area contributed by atoms with Gasteiger partial charge < -0.3 is 4.74 Å². The molecule has 0 atom stereocenters. The number of esters is 1. The number of ether oxygens (including phenoxy) is 1. The molecule has 0 heterocycles. The molecule has 5 aromatic rings. The standard InChI is InChI=1S/C29H24O2/c1-4-20-12-13-24-25-16-21-9-5-6-10-22(21)17-27(25)29(31-19(3)30)28(26(24)15-20)23-11-7-8-18(2)14-23/h5-17H,4H2,1-3H3. The van der Waals surface area contributed by atoms with Gasteiger partial charge in [0, 0.05) is 17.9 Å². The molecule has 152 valence electrons. The number of rotatable bonds is 3. The molecular formula is C29H24O2. The van der Waals surface area contributed by atoms with Gasteiger partial charge in [-0.25, -0.2) is 0 Å². The summed E-state index contributed by atoms with van der Waals surface area (Å²) in [6.45, 7) is 5.72.